The fourth-order valence-corrected chi connectivity index (χ4v) is 2.98. The molecule has 0 saturated carbocycles. The van der Waals surface area contributed by atoms with Gasteiger partial charge in [-0.05, 0) is 46.5 Å². The van der Waals surface area contributed by atoms with Crippen LogP contribution in [0.3, 0.4) is 0 Å². The summed E-state index contributed by atoms with van der Waals surface area (Å²) < 4.78 is 0.746. The first-order valence-corrected chi connectivity index (χ1v) is 7.55. The maximum Gasteiger partial charge on any atom is 0.261 e. The molecule has 3 nitrogen and oxygen atoms in total. The molecule has 1 amide bonds. The third kappa shape index (κ3) is 2.45. The quantitative estimate of drug-likeness (QED) is 0.725. The Morgan fingerprint density at radius 1 is 1.35 bits per heavy atom. The van der Waals surface area contributed by atoms with E-state index in [1.165, 1.54) is 5.56 Å². The number of aromatic nitrogens is 1. The second-order valence-corrected chi connectivity index (χ2v) is 5.95. The van der Waals surface area contributed by atoms with E-state index in [1.54, 1.807) is 17.2 Å². The number of anilines is 1. The molecule has 2 heterocycles. The molecule has 0 atom stereocenters. The minimum Gasteiger partial charge on any atom is -0.308 e. The molecule has 3 rings (SSSR count). The van der Waals surface area contributed by atoms with E-state index >= 15 is 0 Å². The predicted molar refractivity (Wildman–Crippen MR) is 83.4 cm³/mol. The molecule has 0 saturated heterocycles. The first kappa shape index (κ1) is 13.6. The van der Waals surface area contributed by atoms with Crippen LogP contribution in [-0.2, 0) is 6.42 Å². The monoisotopic (exact) mass is 350 g/mol. The van der Waals surface area contributed by atoms with Gasteiger partial charge in [-0.1, -0.05) is 29.8 Å². The normalized spacial score (nSPS) is 14.0. The van der Waals surface area contributed by atoms with E-state index in [-0.39, 0.29) is 11.1 Å². The molecule has 0 radical (unpaired) electrons. The van der Waals surface area contributed by atoms with Crippen molar-refractivity contribution < 1.29 is 4.79 Å². The highest BCUT2D eigenvalue weighted by atomic mass is 79.9. The number of rotatable bonds is 1. The van der Waals surface area contributed by atoms with Crippen LogP contribution in [-0.4, -0.2) is 17.4 Å². The van der Waals surface area contributed by atoms with Crippen molar-refractivity contribution in [3.8, 4) is 0 Å². The first-order chi connectivity index (χ1) is 9.66. The van der Waals surface area contributed by atoms with Gasteiger partial charge >= 0.3 is 0 Å². The minimum absolute atomic E-state index is 0.101. The van der Waals surface area contributed by atoms with Crippen LogP contribution in [0.1, 0.15) is 22.3 Å². The lowest BCUT2D eigenvalue weighted by molar-refractivity contribution is 0.0985. The van der Waals surface area contributed by atoms with Gasteiger partial charge in [-0.3, -0.25) is 4.79 Å². The lowest BCUT2D eigenvalue weighted by Gasteiger charge is -2.29. The SMILES string of the molecule is O=C(c1cc(Br)cnc1Cl)N1CCCc2ccccc21. The molecule has 2 aromatic rings. The van der Waals surface area contributed by atoms with Crippen molar-refractivity contribution in [3.05, 3.63) is 57.3 Å². The Hall–Kier alpha value is -1.39. The third-order valence-electron chi connectivity index (χ3n) is 3.39. The Labute approximate surface area is 130 Å². The average molecular weight is 352 g/mol. The topological polar surface area (TPSA) is 33.2 Å². The van der Waals surface area contributed by atoms with Gasteiger partial charge in [-0.25, -0.2) is 4.98 Å². The van der Waals surface area contributed by atoms with Crippen LogP contribution < -0.4 is 4.90 Å². The number of fused-ring (bicyclic) bond motifs is 1. The second kappa shape index (κ2) is 5.54. The van der Waals surface area contributed by atoms with Crippen LogP contribution >= 0.6 is 27.5 Å². The fourth-order valence-electron chi connectivity index (χ4n) is 2.46. The second-order valence-electron chi connectivity index (χ2n) is 4.68. The standard InChI is InChI=1S/C15H12BrClN2O/c16-11-8-12(14(17)18-9-11)15(20)19-7-3-5-10-4-1-2-6-13(10)19/h1-2,4,6,8-9H,3,5,7H2. The Balaban J connectivity index is 2.02. The first-order valence-electron chi connectivity index (χ1n) is 6.37. The third-order valence-corrected chi connectivity index (χ3v) is 4.13. The highest BCUT2D eigenvalue weighted by molar-refractivity contribution is 9.10. The molecule has 1 aliphatic heterocycles. The van der Waals surface area contributed by atoms with Crippen molar-refractivity contribution >= 4 is 39.1 Å². The minimum atomic E-state index is -0.101. The number of hydrogen-bond acceptors (Lipinski definition) is 2. The number of benzene rings is 1. The van der Waals surface area contributed by atoms with Crippen LogP contribution in [0.15, 0.2) is 41.0 Å². The van der Waals surface area contributed by atoms with Crippen LogP contribution in [0.5, 0.6) is 0 Å². The molecule has 1 aromatic heterocycles. The van der Waals surface area contributed by atoms with E-state index in [0.717, 1.165) is 23.0 Å². The summed E-state index contributed by atoms with van der Waals surface area (Å²) in [5, 5.41) is 0.237. The smallest absolute Gasteiger partial charge is 0.261 e. The number of halogens is 2. The van der Waals surface area contributed by atoms with Gasteiger partial charge in [0.25, 0.3) is 5.91 Å². The zero-order chi connectivity index (χ0) is 14.1. The number of aryl methyl sites for hydroxylation is 1. The zero-order valence-corrected chi connectivity index (χ0v) is 13.0. The Kier molecular flexibility index (Phi) is 3.76. The number of carbonyl (C=O) groups is 1. The molecule has 5 heteroatoms. The predicted octanol–water partition coefficient (Wildman–Crippen LogP) is 4.09. The summed E-state index contributed by atoms with van der Waals surface area (Å²) in [5.41, 5.74) is 2.60. The van der Waals surface area contributed by atoms with Gasteiger partial charge in [0.15, 0.2) is 0 Å². The molecule has 0 aliphatic carbocycles. The van der Waals surface area contributed by atoms with E-state index in [9.17, 15) is 4.79 Å². The maximum absolute atomic E-state index is 12.7. The van der Waals surface area contributed by atoms with Gasteiger partial charge in [-0.15, -0.1) is 0 Å². The lowest BCUT2D eigenvalue weighted by atomic mass is 10.0. The van der Waals surface area contributed by atoms with Crippen molar-refractivity contribution in [1.29, 1.82) is 0 Å². The van der Waals surface area contributed by atoms with Crippen molar-refractivity contribution in [2.45, 2.75) is 12.8 Å². The van der Waals surface area contributed by atoms with Crippen LogP contribution in [0.4, 0.5) is 5.69 Å². The van der Waals surface area contributed by atoms with Gasteiger partial charge in [-0.2, -0.15) is 0 Å². The molecule has 0 N–H and O–H groups in total. The number of para-hydroxylation sites is 1. The van der Waals surface area contributed by atoms with Gasteiger partial charge in [0.05, 0.1) is 5.56 Å². The summed E-state index contributed by atoms with van der Waals surface area (Å²) in [6.07, 6.45) is 3.55. The number of nitrogens with zero attached hydrogens (tertiary/aromatic N) is 2. The summed E-state index contributed by atoms with van der Waals surface area (Å²) in [4.78, 5) is 18.5. The highest BCUT2D eigenvalue weighted by Crippen LogP contribution is 2.29. The van der Waals surface area contributed by atoms with E-state index in [2.05, 4.69) is 27.0 Å². The van der Waals surface area contributed by atoms with Crippen LogP contribution in [0.25, 0.3) is 0 Å². The summed E-state index contributed by atoms with van der Waals surface area (Å²) in [6.45, 7) is 0.707. The molecule has 0 bridgehead atoms. The highest BCUT2D eigenvalue weighted by Gasteiger charge is 2.25. The number of pyridine rings is 1. The lowest BCUT2D eigenvalue weighted by Crippen LogP contribution is -2.35. The molecule has 1 aromatic carbocycles. The zero-order valence-electron chi connectivity index (χ0n) is 10.6. The van der Waals surface area contributed by atoms with Gasteiger partial charge in [0.1, 0.15) is 5.15 Å². The van der Waals surface area contributed by atoms with E-state index in [1.807, 2.05) is 18.2 Å². The molecule has 0 fully saturated rings. The van der Waals surface area contributed by atoms with Gasteiger partial charge in [0.2, 0.25) is 0 Å². The van der Waals surface area contributed by atoms with E-state index in [0.29, 0.717) is 12.1 Å². The fraction of sp³-hybridized carbons (Fsp3) is 0.200. The molecule has 0 unspecified atom stereocenters. The maximum atomic E-state index is 12.7. The Bertz CT molecular complexity index is 675. The number of hydrogen-bond donors (Lipinski definition) is 0. The Morgan fingerprint density at radius 3 is 3.00 bits per heavy atom. The van der Waals surface area contributed by atoms with E-state index in [4.69, 9.17) is 11.6 Å². The van der Waals surface area contributed by atoms with Crippen molar-refractivity contribution in [2.75, 3.05) is 11.4 Å². The Morgan fingerprint density at radius 2 is 2.15 bits per heavy atom. The molecular weight excluding hydrogens is 340 g/mol. The van der Waals surface area contributed by atoms with Crippen molar-refractivity contribution in [3.63, 3.8) is 0 Å². The van der Waals surface area contributed by atoms with Crippen molar-refractivity contribution in [2.24, 2.45) is 0 Å². The average Bonchev–Trinajstić information content (AvgIpc) is 2.48. The molecule has 102 valence electrons. The van der Waals surface area contributed by atoms with Crippen LogP contribution in [0, 0.1) is 0 Å². The molecule has 20 heavy (non-hydrogen) atoms. The van der Waals surface area contributed by atoms with E-state index < -0.39 is 0 Å². The van der Waals surface area contributed by atoms with Crippen LogP contribution in [0.2, 0.25) is 5.15 Å². The molecule has 0 spiro atoms. The summed E-state index contributed by atoms with van der Waals surface area (Å²) in [6, 6.07) is 9.71. The number of carbonyl (C=O) groups excluding carboxylic acids is 1. The van der Waals surface area contributed by atoms with Gasteiger partial charge < -0.3 is 4.90 Å². The number of amides is 1. The molecular formula is C15H12BrClN2O. The largest absolute Gasteiger partial charge is 0.308 e. The summed E-state index contributed by atoms with van der Waals surface area (Å²) >= 11 is 9.39. The summed E-state index contributed by atoms with van der Waals surface area (Å²) in [7, 11) is 0. The van der Waals surface area contributed by atoms with Crippen molar-refractivity contribution in [1.82, 2.24) is 4.98 Å². The molecule has 1 aliphatic rings. The van der Waals surface area contributed by atoms with Gasteiger partial charge in [0, 0.05) is 22.9 Å². The summed E-state index contributed by atoms with van der Waals surface area (Å²) in [5.74, 6) is -0.101.